The van der Waals surface area contributed by atoms with E-state index in [-0.39, 0.29) is 11.7 Å². The average Bonchev–Trinajstić information content (AvgIpc) is 2.78. The number of aromatic nitrogens is 3. The van der Waals surface area contributed by atoms with Gasteiger partial charge in [0, 0.05) is 7.05 Å². The summed E-state index contributed by atoms with van der Waals surface area (Å²) in [6, 6.07) is 0. The van der Waals surface area contributed by atoms with Crippen LogP contribution in [0.4, 0.5) is 24.0 Å². The highest BCUT2D eigenvalue weighted by atomic mass is 32.1. The van der Waals surface area contributed by atoms with E-state index in [1.165, 1.54) is 7.05 Å². The first kappa shape index (κ1) is 15.2. The van der Waals surface area contributed by atoms with Crippen molar-refractivity contribution < 1.29 is 18.0 Å². The van der Waals surface area contributed by atoms with Gasteiger partial charge < -0.3 is 10.6 Å². The van der Waals surface area contributed by atoms with E-state index in [2.05, 4.69) is 25.0 Å². The van der Waals surface area contributed by atoms with E-state index < -0.39 is 11.9 Å². The maximum absolute atomic E-state index is 12.4. The van der Waals surface area contributed by atoms with Crippen molar-refractivity contribution in [1.82, 2.24) is 19.7 Å². The maximum atomic E-state index is 12.4. The molecule has 0 radical (unpaired) electrons. The van der Waals surface area contributed by atoms with Crippen molar-refractivity contribution in [3.63, 3.8) is 0 Å². The van der Waals surface area contributed by atoms with Gasteiger partial charge in [0.25, 0.3) is 5.91 Å². The van der Waals surface area contributed by atoms with Gasteiger partial charge in [0.05, 0.1) is 23.7 Å². The Morgan fingerprint density at radius 2 is 2.00 bits per heavy atom. The number of halogens is 3. The lowest BCUT2D eigenvalue weighted by Crippen LogP contribution is -2.19. The van der Waals surface area contributed by atoms with Gasteiger partial charge in [0.15, 0.2) is 5.69 Å². The van der Waals surface area contributed by atoms with Crippen LogP contribution in [0.25, 0.3) is 0 Å². The van der Waals surface area contributed by atoms with Crippen LogP contribution >= 0.6 is 11.5 Å². The van der Waals surface area contributed by atoms with E-state index in [9.17, 15) is 18.0 Å². The molecule has 2 rings (SSSR count). The zero-order valence-electron chi connectivity index (χ0n) is 10.9. The lowest BCUT2D eigenvalue weighted by Gasteiger charge is -2.07. The molecule has 0 saturated heterocycles. The summed E-state index contributed by atoms with van der Waals surface area (Å²) in [7, 11) is 1.47. The minimum absolute atomic E-state index is 0.0943. The zero-order chi connectivity index (χ0) is 15.6. The fourth-order valence-corrected chi connectivity index (χ4v) is 2.30. The third-order valence-corrected chi connectivity index (χ3v) is 3.35. The smallest absolute Gasteiger partial charge is 0.355 e. The maximum Gasteiger partial charge on any atom is 0.434 e. The Morgan fingerprint density at radius 3 is 2.52 bits per heavy atom. The number of carbonyl (C=O) groups is 1. The second-order valence-corrected chi connectivity index (χ2v) is 4.73. The first-order valence-electron chi connectivity index (χ1n) is 5.67. The number of aryl methyl sites for hydroxylation is 1. The van der Waals surface area contributed by atoms with Crippen molar-refractivity contribution in [2.24, 2.45) is 0 Å². The van der Waals surface area contributed by atoms with E-state index >= 15 is 0 Å². The van der Waals surface area contributed by atoms with Crippen molar-refractivity contribution in [2.75, 3.05) is 12.4 Å². The molecule has 0 aliphatic heterocycles. The lowest BCUT2D eigenvalue weighted by molar-refractivity contribution is -0.141. The highest BCUT2D eigenvalue weighted by Gasteiger charge is 2.32. The highest BCUT2D eigenvalue weighted by Crippen LogP contribution is 2.29. The quantitative estimate of drug-likeness (QED) is 0.908. The Morgan fingerprint density at radius 1 is 1.29 bits per heavy atom. The fourth-order valence-electron chi connectivity index (χ4n) is 1.50. The van der Waals surface area contributed by atoms with Crippen LogP contribution < -0.4 is 10.6 Å². The minimum atomic E-state index is -4.54. The molecule has 2 aromatic rings. The standard InChI is InChI=1S/C11H10F3N5OS/c1-5-8(9(20)15-2)10(21-19-5)18-7-4-16-6(3-17-7)11(12,13)14/h3-4H,1-2H3,(H,15,20)(H,17,18). The van der Waals surface area contributed by atoms with E-state index in [0.717, 1.165) is 17.7 Å². The second kappa shape index (κ2) is 5.64. The number of hydrogen-bond donors (Lipinski definition) is 2. The predicted octanol–water partition coefficient (Wildman–Crippen LogP) is 2.36. The molecule has 0 saturated carbocycles. The summed E-state index contributed by atoms with van der Waals surface area (Å²) in [6.45, 7) is 1.66. The number of nitrogens with one attached hydrogen (secondary N) is 2. The van der Waals surface area contributed by atoms with Crippen LogP contribution in [-0.4, -0.2) is 27.3 Å². The molecule has 2 N–H and O–H groups in total. The minimum Gasteiger partial charge on any atom is -0.355 e. The number of alkyl halides is 3. The van der Waals surface area contributed by atoms with Gasteiger partial charge in [-0.3, -0.25) is 4.79 Å². The molecule has 21 heavy (non-hydrogen) atoms. The van der Waals surface area contributed by atoms with Gasteiger partial charge in [-0.15, -0.1) is 0 Å². The van der Waals surface area contributed by atoms with Gasteiger partial charge >= 0.3 is 6.18 Å². The lowest BCUT2D eigenvalue weighted by atomic mass is 10.2. The molecule has 112 valence electrons. The summed E-state index contributed by atoms with van der Waals surface area (Å²) < 4.78 is 41.2. The molecule has 0 fully saturated rings. The summed E-state index contributed by atoms with van der Waals surface area (Å²) in [5.74, 6) is -0.250. The molecule has 0 bridgehead atoms. The monoisotopic (exact) mass is 317 g/mol. The van der Waals surface area contributed by atoms with E-state index in [4.69, 9.17) is 0 Å². The number of carbonyl (C=O) groups excluding carboxylic acids is 1. The molecule has 0 atom stereocenters. The molecule has 0 spiro atoms. The molecule has 1 amide bonds. The van der Waals surface area contributed by atoms with Crippen LogP contribution in [0.3, 0.4) is 0 Å². The molecule has 2 aromatic heterocycles. The van der Waals surface area contributed by atoms with E-state index in [1.54, 1.807) is 6.92 Å². The van der Waals surface area contributed by atoms with Crippen molar-refractivity contribution in [3.05, 3.63) is 29.3 Å². The van der Waals surface area contributed by atoms with Gasteiger partial charge in [-0.05, 0) is 18.5 Å². The largest absolute Gasteiger partial charge is 0.434 e. The summed E-state index contributed by atoms with van der Waals surface area (Å²) in [6.07, 6.45) is -2.97. The zero-order valence-corrected chi connectivity index (χ0v) is 11.8. The summed E-state index contributed by atoms with van der Waals surface area (Å²) in [4.78, 5) is 18.6. The van der Waals surface area contributed by atoms with Crippen LogP contribution in [0.2, 0.25) is 0 Å². The fraction of sp³-hybridized carbons (Fsp3) is 0.273. The molecular weight excluding hydrogens is 307 g/mol. The highest BCUT2D eigenvalue weighted by molar-refractivity contribution is 7.10. The Kier molecular flexibility index (Phi) is 4.07. The number of anilines is 2. The molecule has 0 aromatic carbocycles. The van der Waals surface area contributed by atoms with Crippen molar-refractivity contribution in [2.45, 2.75) is 13.1 Å². The predicted molar refractivity (Wildman–Crippen MR) is 70.6 cm³/mol. The first-order valence-corrected chi connectivity index (χ1v) is 6.45. The van der Waals surface area contributed by atoms with Crippen LogP contribution in [0.15, 0.2) is 12.4 Å². The van der Waals surface area contributed by atoms with Gasteiger partial charge in [0.2, 0.25) is 0 Å². The van der Waals surface area contributed by atoms with Crippen LogP contribution in [0.1, 0.15) is 21.7 Å². The summed E-state index contributed by atoms with van der Waals surface area (Å²) in [5, 5.41) is 5.60. The third kappa shape index (κ3) is 3.27. The Bertz CT molecular complexity index is 653. The van der Waals surface area contributed by atoms with Crippen molar-refractivity contribution in [1.29, 1.82) is 0 Å². The van der Waals surface area contributed by atoms with Gasteiger partial charge in [-0.25, -0.2) is 9.97 Å². The van der Waals surface area contributed by atoms with Crippen LogP contribution in [0, 0.1) is 6.92 Å². The molecule has 6 nitrogen and oxygen atoms in total. The van der Waals surface area contributed by atoms with Gasteiger partial charge in [-0.2, -0.15) is 17.5 Å². The summed E-state index contributed by atoms with van der Waals surface area (Å²) in [5.41, 5.74) is -0.244. The molecule has 0 aliphatic carbocycles. The van der Waals surface area contributed by atoms with Crippen molar-refractivity contribution >= 4 is 28.3 Å². The third-order valence-electron chi connectivity index (χ3n) is 2.50. The molecule has 0 aliphatic rings. The van der Waals surface area contributed by atoms with Gasteiger partial charge in [-0.1, -0.05) is 0 Å². The summed E-state index contributed by atoms with van der Waals surface area (Å²) >= 11 is 1.01. The number of amides is 1. The molecular formula is C11H10F3N5OS. The van der Waals surface area contributed by atoms with E-state index in [0.29, 0.717) is 22.5 Å². The Balaban J connectivity index is 2.25. The Hall–Kier alpha value is -2.23. The van der Waals surface area contributed by atoms with Gasteiger partial charge in [0.1, 0.15) is 10.8 Å². The number of hydrogen-bond acceptors (Lipinski definition) is 6. The molecule has 2 heterocycles. The SMILES string of the molecule is CNC(=O)c1c(C)nsc1Nc1cnc(C(F)(F)F)cn1. The number of rotatable bonds is 3. The van der Waals surface area contributed by atoms with E-state index in [1.807, 2.05) is 0 Å². The topological polar surface area (TPSA) is 79.8 Å². The molecule has 0 unspecified atom stereocenters. The second-order valence-electron chi connectivity index (χ2n) is 3.96. The van der Waals surface area contributed by atoms with Crippen LogP contribution in [0.5, 0.6) is 0 Å². The van der Waals surface area contributed by atoms with Crippen LogP contribution in [-0.2, 0) is 6.18 Å². The Labute approximate surface area is 121 Å². The normalized spacial score (nSPS) is 11.3. The average molecular weight is 317 g/mol. The first-order chi connectivity index (χ1) is 9.82. The number of nitrogens with zero attached hydrogens (tertiary/aromatic N) is 3. The molecule has 10 heteroatoms. The van der Waals surface area contributed by atoms with Crippen molar-refractivity contribution in [3.8, 4) is 0 Å².